The van der Waals surface area contributed by atoms with Crippen LogP contribution in [0.25, 0.3) is 0 Å². The fourth-order valence-corrected chi connectivity index (χ4v) is 1.62. The quantitative estimate of drug-likeness (QED) is 0.727. The Hall–Kier alpha value is -2.24. The number of carbonyl (C=O) groups is 2. The van der Waals surface area contributed by atoms with Gasteiger partial charge in [0, 0.05) is 5.56 Å². The number of hydrogen-bond donors (Lipinski definition) is 3. The third-order valence-corrected chi connectivity index (χ3v) is 2.70. The number of aromatic hydroxyl groups is 1. The van der Waals surface area contributed by atoms with Crippen molar-refractivity contribution in [1.29, 1.82) is 0 Å². The molecule has 104 valence electrons. The summed E-state index contributed by atoms with van der Waals surface area (Å²) in [7, 11) is 1.41. The highest BCUT2D eigenvalue weighted by molar-refractivity contribution is 5.97. The lowest BCUT2D eigenvalue weighted by molar-refractivity contribution is -0.120. The number of methoxy groups -OCH3 is 1. The van der Waals surface area contributed by atoms with E-state index in [2.05, 4.69) is 5.32 Å². The van der Waals surface area contributed by atoms with Crippen molar-refractivity contribution >= 4 is 11.8 Å². The van der Waals surface area contributed by atoms with E-state index in [1.807, 2.05) is 0 Å². The number of phenolic OH excluding ortho intramolecular Hbond substituents is 1. The van der Waals surface area contributed by atoms with Crippen molar-refractivity contribution in [2.45, 2.75) is 19.9 Å². The molecule has 0 aliphatic heterocycles. The fourth-order valence-electron chi connectivity index (χ4n) is 1.62. The number of phenols is 1. The van der Waals surface area contributed by atoms with Crippen LogP contribution < -0.4 is 15.8 Å². The Bertz CT molecular complexity index is 486. The van der Waals surface area contributed by atoms with Gasteiger partial charge in [0.25, 0.3) is 5.91 Å². The summed E-state index contributed by atoms with van der Waals surface area (Å²) in [6.45, 7) is 3.56. The van der Waals surface area contributed by atoms with Crippen molar-refractivity contribution in [3.8, 4) is 11.5 Å². The SMILES string of the molecule is COc1ccc(C(=O)NC(C(N)=O)C(C)C)cc1O. The summed E-state index contributed by atoms with van der Waals surface area (Å²) in [6, 6.07) is 3.48. The summed E-state index contributed by atoms with van der Waals surface area (Å²) in [5.74, 6) is -1.06. The predicted molar refractivity (Wildman–Crippen MR) is 69.9 cm³/mol. The van der Waals surface area contributed by atoms with Gasteiger partial charge in [-0.15, -0.1) is 0 Å². The molecular weight excluding hydrogens is 248 g/mol. The van der Waals surface area contributed by atoms with Crippen LogP contribution in [0.3, 0.4) is 0 Å². The molecule has 1 atom stereocenters. The number of amides is 2. The van der Waals surface area contributed by atoms with Crippen molar-refractivity contribution in [3.05, 3.63) is 23.8 Å². The summed E-state index contributed by atoms with van der Waals surface area (Å²) in [6.07, 6.45) is 0. The normalized spacial score (nSPS) is 12.0. The Kier molecular flexibility index (Phi) is 4.74. The molecule has 0 fully saturated rings. The number of ether oxygens (including phenoxy) is 1. The molecule has 0 saturated heterocycles. The molecule has 0 saturated carbocycles. The molecule has 0 aromatic heterocycles. The molecule has 6 heteroatoms. The van der Waals surface area contributed by atoms with Gasteiger partial charge in [-0.05, 0) is 24.1 Å². The average Bonchev–Trinajstić information content (AvgIpc) is 2.34. The molecule has 4 N–H and O–H groups in total. The van der Waals surface area contributed by atoms with Crippen LogP contribution >= 0.6 is 0 Å². The molecule has 0 aliphatic rings. The Morgan fingerprint density at radius 1 is 1.37 bits per heavy atom. The molecule has 1 aromatic carbocycles. The summed E-state index contributed by atoms with van der Waals surface area (Å²) >= 11 is 0. The first-order valence-corrected chi connectivity index (χ1v) is 5.84. The van der Waals surface area contributed by atoms with Gasteiger partial charge in [-0.25, -0.2) is 0 Å². The van der Waals surface area contributed by atoms with Crippen LogP contribution in [0.15, 0.2) is 18.2 Å². The molecule has 19 heavy (non-hydrogen) atoms. The van der Waals surface area contributed by atoms with E-state index in [1.54, 1.807) is 13.8 Å². The zero-order chi connectivity index (χ0) is 14.6. The van der Waals surface area contributed by atoms with Crippen molar-refractivity contribution in [2.24, 2.45) is 11.7 Å². The molecule has 0 spiro atoms. The van der Waals surface area contributed by atoms with Crippen molar-refractivity contribution in [2.75, 3.05) is 7.11 Å². The largest absolute Gasteiger partial charge is 0.504 e. The molecule has 2 amide bonds. The van der Waals surface area contributed by atoms with E-state index >= 15 is 0 Å². The topological polar surface area (TPSA) is 102 Å². The third-order valence-electron chi connectivity index (χ3n) is 2.70. The zero-order valence-corrected chi connectivity index (χ0v) is 11.1. The minimum absolute atomic E-state index is 0.117. The average molecular weight is 266 g/mol. The van der Waals surface area contributed by atoms with Gasteiger partial charge >= 0.3 is 0 Å². The van der Waals surface area contributed by atoms with Crippen LogP contribution in [-0.4, -0.2) is 30.1 Å². The summed E-state index contributed by atoms with van der Waals surface area (Å²) in [5.41, 5.74) is 5.44. The highest BCUT2D eigenvalue weighted by Crippen LogP contribution is 2.26. The van der Waals surface area contributed by atoms with Crippen LogP contribution in [0.1, 0.15) is 24.2 Å². The van der Waals surface area contributed by atoms with Crippen molar-refractivity contribution in [1.82, 2.24) is 5.32 Å². The lowest BCUT2D eigenvalue weighted by Gasteiger charge is -2.19. The summed E-state index contributed by atoms with van der Waals surface area (Å²) < 4.78 is 4.88. The maximum atomic E-state index is 11.9. The summed E-state index contributed by atoms with van der Waals surface area (Å²) in [4.78, 5) is 23.2. The van der Waals surface area contributed by atoms with E-state index in [4.69, 9.17) is 10.5 Å². The van der Waals surface area contributed by atoms with Gasteiger partial charge < -0.3 is 20.9 Å². The molecule has 0 bridgehead atoms. The zero-order valence-electron chi connectivity index (χ0n) is 11.1. The number of nitrogens with two attached hydrogens (primary N) is 1. The van der Waals surface area contributed by atoms with E-state index in [1.165, 1.54) is 25.3 Å². The monoisotopic (exact) mass is 266 g/mol. The fraction of sp³-hybridized carbons (Fsp3) is 0.385. The van der Waals surface area contributed by atoms with Gasteiger partial charge in [-0.3, -0.25) is 9.59 Å². The van der Waals surface area contributed by atoms with Crippen LogP contribution in [0.2, 0.25) is 0 Å². The Labute approximate surface area is 111 Å². The second-order valence-electron chi connectivity index (χ2n) is 4.48. The van der Waals surface area contributed by atoms with E-state index < -0.39 is 17.9 Å². The van der Waals surface area contributed by atoms with Gasteiger partial charge in [0.05, 0.1) is 7.11 Å². The van der Waals surface area contributed by atoms with Gasteiger partial charge in [0.2, 0.25) is 5.91 Å². The van der Waals surface area contributed by atoms with Crippen molar-refractivity contribution in [3.63, 3.8) is 0 Å². The minimum atomic E-state index is -0.753. The molecule has 0 heterocycles. The summed E-state index contributed by atoms with van der Waals surface area (Å²) in [5, 5.41) is 12.1. The second-order valence-corrected chi connectivity index (χ2v) is 4.48. The van der Waals surface area contributed by atoms with E-state index in [-0.39, 0.29) is 23.0 Å². The first-order valence-electron chi connectivity index (χ1n) is 5.84. The highest BCUT2D eigenvalue weighted by Gasteiger charge is 2.22. The first kappa shape index (κ1) is 14.8. The van der Waals surface area contributed by atoms with E-state index in [9.17, 15) is 14.7 Å². The van der Waals surface area contributed by atoms with E-state index in [0.29, 0.717) is 0 Å². The van der Waals surface area contributed by atoms with Gasteiger partial charge in [0.15, 0.2) is 11.5 Å². The lowest BCUT2D eigenvalue weighted by atomic mass is 10.0. The third kappa shape index (κ3) is 3.61. The van der Waals surface area contributed by atoms with Crippen LogP contribution in [0.4, 0.5) is 0 Å². The number of rotatable bonds is 5. The molecule has 1 aromatic rings. The second kappa shape index (κ2) is 6.08. The Balaban J connectivity index is 2.89. The molecule has 1 unspecified atom stereocenters. The van der Waals surface area contributed by atoms with Gasteiger partial charge in [-0.2, -0.15) is 0 Å². The predicted octanol–water partition coefficient (Wildman–Crippen LogP) is 0.640. The minimum Gasteiger partial charge on any atom is -0.504 e. The Morgan fingerprint density at radius 3 is 2.42 bits per heavy atom. The highest BCUT2D eigenvalue weighted by atomic mass is 16.5. The number of primary amides is 1. The smallest absolute Gasteiger partial charge is 0.252 e. The van der Waals surface area contributed by atoms with Crippen molar-refractivity contribution < 1.29 is 19.4 Å². The number of carbonyl (C=O) groups excluding carboxylic acids is 2. The van der Waals surface area contributed by atoms with Crippen LogP contribution in [-0.2, 0) is 4.79 Å². The number of hydrogen-bond acceptors (Lipinski definition) is 4. The maximum absolute atomic E-state index is 11.9. The Morgan fingerprint density at radius 2 is 2.00 bits per heavy atom. The standard InChI is InChI=1S/C13H18N2O4/c1-7(2)11(12(14)17)15-13(18)8-4-5-10(19-3)9(16)6-8/h4-7,11,16H,1-3H3,(H2,14,17)(H,15,18). The van der Waals surface area contributed by atoms with Crippen LogP contribution in [0, 0.1) is 5.92 Å². The molecule has 1 rings (SSSR count). The van der Waals surface area contributed by atoms with Gasteiger partial charge in [-0.1, -0.05) is 13.8 Å². The van der Waals surface area contributed by atoms with Crippen LogP contribution in [0.5, 0.6) is 11.5 Å². The van der Waals surface area contributed by atoms with E-state index in [0.717, 1.165) is 0 Å². The number of nitrogens with one attached hydrogen (secondary N) is 1. The molecule has 6 nitrogen and oxygen atoms in total. The maximum Gasteiger partial charge on any atom is 0.252 e. The molecule has 0 aliphatic carbocycles. The molecule has 0 radical (unpaired) electrons. The lowest BCUT2D eigenvalue weighted by Crippen LogP contribution is -2.47. The van der Waals surface area contributed by atoms with Gasteiger partial charge in [0.1, 0.15) is 6.04 Å². The first-order chi connectivity index (χ1) is 8.86. The number of benzene rings is 1. The molecular formula is C13H18N2O4.